The monoisotopic (exact) mass is 372 g/mol. The topological polar surface area (TPSA) is 0 Å². The minimum atomic E-state index is 0.992. The van der Waals surface area contributed by atoms with E-state index >= 15 is 0 Å². The van der Waals surface area contributed by atoms with Gasteiger partial charge in [-0.3, -0.25) is 0 Å². The van der Waals surface area contributed by atoms with Crippen LogP contribution in [0.25, 0.3) is 0 Å². The first kappa shape index (κ1) is 8.25. The van der Waals surface area contributed by atoms with Gasteiger partial charge in [0.25, 0.3) is 45.7 Å². The molecule has 0 saturated carbocycles. The fourth-order valence-electron chi connectivity index (χ4n) is 1.42. The minimum absolute atomic E-state index is 0.992. The quantitative estimate of drug-likeness (QED) is 0.485. The van der Waals surface area contributed by atoms with Gasteiger partial charge >= 0.3 is 0 Å². The van der Waals surface area contributed by atoms with Crippen LogP contribution in [0.15, 0.2) is 24.3 Å². The molecule has 3 heteroatoms. The summed E-state index contributed by atoms with van der Waals surface area (Å²) >= 11 is 4.96. The maximum absolute atomic E-state index is 2.48. The first-order valence-electron chi connectivity index (χ1n) is 3.56. The van der Waals surface area contributed by atoms with Gasteiger partial charge in [0.05, 0.1) is 0 Å². The molecule has 0 unspecified atom stereocenters. The molecule has 1 nitrogen and oxygen atoms in total. The SMILES string of the molecule is I[N+]1(I)CCc2ccccc21. The van der Waals surface area contributed by atoms with E-state index in [1.54, 1.807) is 0 Å². The summed E-state index contributed by atoms with van der Waals surface area (Å²) in [5, 5.41) is 0. The zero-order chi connectivity index (χ0) is 7.90. The molecule has 0 radical (unpaired) electrons. The molecule has 0 aliphatic carbocycles. The average Bonchev–Trinajstić information content (AvgIpc) is 2.29. The van der Waals surface area contributed by atoms with Crippen LogP contribution < -0.4 is 0.910 Å². The molecule has 11 heavy (non-hydrogen) atoms. The number of quaternary nitrogens is 1. The summed E-state index contributed by atoms with van der Waals surface area (Å²) in [6.45, 7) is 1.22. The number of halogens is 2. The summed E-state index contributed by atoms with van der Waals surface area (Å²) in [5.41, 5.74) is 2.98. The van der Waals surface area contributed by atoms with Crippen molar-refractivity contribution in [2.24, 2.45) is 0 Å². The second-order valence-corrected chi connectivity index (χ2v) is 7.87. The largest absolute Gasteiger partial charge is 0.263 e. The third-order valence-electron chi connectivity index (χ3n) is 2.01. The number of fused-ring (bicyclic) bond motifs is 1. The van der Waals surface area contributed by atoms with E-state index in [1.165, 1.54) is 24.2 Å². The maximum Gasteiger partial charge on any atom is 0.263 e. The van der Waals surface area contributed by atoms with Crippen molar-refractivity contribution in [2.75, 3.05) is 6.54 Å². The van der Waals surface area contributed by atoms with Gasteiger partial charge in [0.2, 0.25) is 0 Å². The molecule has 0 atom stereocenters. The first-order valence-corrected chi connectivity index (χ1v) is 5.49. The Balaban J connectivity index is 2.56. The summed E-state index contributed by atoms with van der Waals surface area (Å²) < 4.78 is 0.992. The molecule has 0 aromatic heterocycles. The van der Waals surface area contributed by atoms with Gasteiger partial charge in [0.15, 0.2) is 5.69 Å². The summed E-state index contributed by atoms with van der Waals surface area (Å²) in [6, 6.07) is 8.69. The lowest BCUT2D eigenvalue weighted by molar-refractivity contribution is 0.845. The number of hydrogen-bond acceptors (Lipinski definition) is 0. The molecule has 0 fully saturated rings. The number of rotatable bonds is 0. The van der Waals surface area contributed by atoms with Gasteiger partial charge in [0, 0.05) is 18.1 Å². The van der Waals surface area contributed by atoms with E-state index in [0.717, 1.165) is 0.910 Å². The highest BCUT2D eigenvalue weighted by atomic mass is 127. The molecule has 0 saturated heterocycles. The molecule has 0 spiro atoms. The Labute approximate surface area is 94.4 Å². The molecule has 1 aliphatic rings. The highest BCUT2D eigenvalue weighted by molar-refractivity contribution is 14.2. The van der Waals surface area contributed by atoms with E-state index in [-0.39, 0.29) is 0 Å². The molecule has 1 heterocycles. The summed E-state index contributed by atoms with van der Waals surface area (Å²) in [4.78, 5) is 0. The lowest BCUT2D eigenvalue weighted by Crippen LogP contribution is -2.21. The number of nitrogens with zero attached hydrogens (tertiary/aromatic N) is 1. The van der Waals surface area contributed by atoms with Crippen LogP contribution in [0.1, 0.15) is 5.56 Å². The lowest BCUT2D eigenvalue weighted by Gasteiger charge is -2.14. The Bertz CT molecular complexity index is 283. The smallest absolute Gasteiger partial charge is 0.179 e. The minimum Gasteiger partial charge on any atom is -0.179 e. The second-order valence-electron chi connectivity index (χ2n) is 2.73. The van der Waals surface area contributed by atoms with Crippen molar-refractivity contribution >= 4 is 51.4 Å². The van der Waals surface area contributed by atoms with Gasteiger partial charge in [-0.1, -0.05) is 18.2 Å². The van der Waals surface area contributed by atoms with Crippen molar-refractivity contribution in [3.63, 3.8) is 0 Å². The molecular weight excluding hydrogens is 364 g/mol. The number of hydrogen-bond donors (Lipinski definition) is 0. The first-order chi connectivity index (χ1) is 5.20. The van der Waals surface area contributed by atoms with Crippen LogP contribution in [-0.2, 0) is 6.42 Å². The van der Waals surface area contributed by atoms with Gasteiger partial charge in [-0.15, -0.1) is 0 Å². The highest BCUT2D eigenvalue weighted by Crippen LogP contribution is 2.42. The van der Waals surface area contributed by atoms with Crippen LogP contribution in [0, 0.1) is 0 Å². The van der Waals surface area contributed by atoms with Crippen molar-refractivity contribution in [1.82, 2.24) is 0.910 Å². The molecule has 1 aliphatic heterocycles. The number of benzene rings is 1. The summed E-state index contributed by atoms with van der Waals surface area (Å²) in [7, 11) is 0. The molecule has 2 rings (SSSR count). The van der Waals surface area contributed by atoms with E-state index in [2.05, 4.69) is 70.0 Å². The van der Waals surface area contributed by atoms with Crippen molar-refractivity contribution in [3.8, 4) is 0 Å². The molecule has 1 aromatic carbocycles. The van der Waals surface area contributed by atoms with Crippen LogP contribution in [-0.4, -0.2) is 6.54 Å². The van der Waals surface area contributed by atoms with E-state index in [4.69, 9.17) is 0 Å². The predicted molar refractivity (Wildman–Crippen MR) is 64.8 cm³/mol. The normalized spacial score (nSPS) is 19.8. The Kier molecular flexibility index (Phi) is 2.13. The van der Waals surface area contributed by atoms with Crippen LogP contribution in [0.5, 0.6) is 0 Å². The average molecular weight is 372 g/mol. The van der Waals surface area contributed by atoms with Crippen LogP contribution >= 0.6 is 45.7 Å². The van der Waals surface area contributed by atoms with Gasteiger partial charge in [-0.2, -0.15) is 0.910 Å². The maximum atomic E-state index is 2.48. The Morgan fingerprint density at radius 3 is 2.64 bits per heavy atom. The van der Waals surface area contributed by atoms with Crippen molar-refractivity contribution < 1.29 is 0 Å². The Morgan fingerprint density at radius 2 is 1.91 bits per heavy atom. The fourth-order valence-corrected chi connectivity index (χ4v) is 2.85. The van der Waals surface area contributed by atoms with Gasteiger partial charge in [0.1, 0.15) is 6.54 Å². The standard InChI is InChI=1S/C8H8I2N/c9-11(10)6-5-7-3-1-2-4-8(7)11/h1-4H,5-6H2/q+1. The second kappa shape index (κ2) is 2.85. The summed E-state index contributed by atoms with van der Waals surface area (Å²) in [5.74, 6) is 0. The van der Waals surface area contributed by atoms with Crippen molar-refractivity contribution in [3.05, 3.63) is 29.8 Å². The third kappa shape index (κ3) is 1.42. The molecule has 0 bridgehead atoms. The van der Waals surface area contributed by atoms with E-state index in [1.807, 2.05) is 0 Å². The Morgan fingerprint density at radius 1 is 1.18 bits per heavy atom. The van der Waals surface area contributed by atoms with Gasteiger partial charge in [-0.05, 0) is 0 Å². The fraction of sp³-hybridized carbons (Fsp3) is 0.250. The van der Waals surface area contributed by atoms with Crippen molar-refractivity contribution in [2.45, 2.75) is 6.42 Å². The van der Waals surface area contributed by atoms with Crippen LogP contribution in [0.4, 0.5) is 5.69 Å². The Hall–Kier alpha value is 0.640. The van der Waals surface area contributed by atoms with Crippen molar-refractivity contribution in [1.29, 1.82) is 0 Å². The summed E-state index contributed by atoms with van der Waals surface area (Å²) in [6.07, 6.45) is 1.22. The van der Waals surface area contributed by atoms with Gasteiger partial charge < -0.3 is 0 Å². The molecule has 0 amide bonds. The lowest BCUT2D eigenvalue weighted by atomic mass is 10.2. The zero-order valence-electron chi connectivity index (χ0n) is 5.93. The molecule has 1 aromatic rings. The zero-order valence-corrected chi connectivity index (χ0v) is 10.2. The predicted octanol–water partition coefficient (Wildman–Crippen LogP) is 3.25. The number of para-hydroxylation sites is 1. The van der Waals surface area contributed by atoms with E-state index < -0.39 is 0 Å². The molecule has 0 N–H and O–H groups in total. The molecular formula is C8H8I2N+. The molecule has 58 valence electrons. The van der Waals surface area contributed by atoms with Gasteiger partial charge in [-0.25, -0.2) is 0 Å². The van der Waals surface area contributed by atoms with E-state index in [0.29, 0.717) is 0 Å². The van der Waals surface area contributed by atoms with E-state index in [9.17, 15) is 0 Å². The third-order valence-corrected chi connectivity index (χ3v) is 4.01. The van der Waals surface area contributed by atoms with Crippen LogP contribution in [0.2, 0.25) is 0 Å². The van der Waals surface area contributed by atoms with Crippen LogP contribution in [0.3, 0.4) is 0 Å². The highest BCUT2D eigenvalue weighted by Gasteiger charge is 2.34.